The van der Waals surface area contributed by atoms with Crippen LogP contribution in [0.4, 0.5) is 0 Å². The van der Waals surface area contributed by atoms with Gasteiger partial charge in [-0.2, -0.15) is 0 Å². The minimum atomic E-state index is -0.835. The molecule has 0 rings (SSSR count). The maximum Gasteiger partial charge on any atom is 0.156 e. The number of hydrogen-bond donors (Lipinski definition) is 3. The molecule has 0 aromatic heterocycles. The van der Waals surface area contributed by atoms with Gasteiger partial charge in [0.15, 0.2) is 5.84 Å². The summed E-state index contributed by atoms with van der Waals surface area (Å²) in [6, 6.07) is -0.0652. The van der Waals surface area contributed by atoms with Crippen molar-refractivity contribution in [2.75, 3.05) is 12.0 Å². The lowest BCUT2D eigenvalue weighted by Gasteiger charge is -2.20. The van der Waals surface area contributed by atoms with Crippen molar-refractivity contribution >= 4 is 16.6 Å². The van der Waals surface area contributed by atoms with Crippen LogP contribution in [-0.2, 0) is 10.8 Å². The van der Waals surface area contributed by atoms with Crippen LogP contribution in [0.1, 0.15) is 20.3 Å². The van der Waals surface area contributed by atoms with E-state index in [1.165, 1.54) is 0 Å². The molecule has 0 fully saturated rings. The van der Waals surface area contributed by atoms with E-state index in [0.29, 0.717) is 5.75 Å². The zero-order chi connectivity index (χ0) is 11.1. The molecule has 4 N–H and O–H groups in total. The summed E-state index contributed by atoms with van der Waals surface area (Å²) in [6.07, 6.45) is 2.39. The molecule has 5 nitrogen and oxygen atoms in total. The molecule has 3 unspecified atom stereocenters. The van der Waals surface area contributed by atoms with Gasteiger partial charge < -0.3 is 16.3 Å². The van der Waals surface area contributed by atoms with E-state index < -0.39 is 10.8 Å². The second kappa shape index (κ2) is 6.78. The summed E-state index contributed by atoms with van der Waals surface area (Å²) >= 11 is 0. The predicted octanol–water partition coefficient (Wildman–Crippen LogP) is -0.132. The van der Waals surface area contributed by atoms with Gasteiger partial charge >= 0.3 is 0 Å². The Morgan fingerprint density at radius 1 is 1.71 bits per heavy atom. The Bertz CT molecular complexity index is 221. The summed E-state index contributed by atoms with van der Waals surface area (Å²) in [5, 5.41) is 14.6. The third-order valence-corrected chi connectivity index (χ3v) is 2.82. The number of oxime groups is 1. The van der Waals surface area contributed by atoms with Crippen LogP contribution in [0.5, 0.6) is 0 Å². The highest BCUT2D eigenvalue weighted by Crippen LogP contribution is 1.95. The minimum Gasteiger partial charge on any atom is -0.409 e. The van der Waals surface area contributed by atoms with Crippen molar-refractivity contribution in [2.24, 2.45) is 10.9 Å². The standard InChI is InChI=1S/C8H19N3O2S/c1-4-7(8(9)11-12)10-6(2)5-14(3)13/h6-7,10,12H,4-5H2,1-3H3,(H2,9,11). The predicted molar refractivity (Wildman–Crippen MR) is 59.0 cm³/mol. The van der Waals surface area contributed by atoms with Crippen molar-refractivity contribution in [1.29, 1.82) is 0 Å². The fraction of sp³-hybridized carbons (Fsp3) is 0.875. The molecular formula is C8H19N3O2S. The van der Waals surface area contributed by atoms with Crippen LogP contribution >= 0.6 is 0 Å². The summed E-state index contributed by atoms with van der Waals surface area (Å²) in [5.41, 5.74) is 5.47. The lowest BCUT2D eigenvalue weighted by atomic mass is 10.2. The van der Waals surface area contributed by atoms with Gasteiger partial charge in [0.25, 0.3) is 0 Å². The van der Waals surface area contributed by atoms with Crippen LogP contribution in [0.2, 0.25) is 0 Å². The Morgan fingerprint density at radius 2 is 2.29 bits per heavy atom. The quantitative estimate of drug-likeness (QED) is 0.252. The topological polar surface area (TPSA) is 87.7 Å². The van der Waals surface area contributed by atoms with E-state index in [1.54, 1.807) is 6.26 Å². The van der Waals surface area contributed by atoms with E-state index >= 15 is 0 Å². The SMILES string of the molecule is CCC(NC(C)CS(C)=O)C(N)=NO. The number of nitrogens with two attached hydrogens (primary N) is 1. The van der Waals surface area contributed by atoms with Gasteiger partial charge in [0, 0.05) is 28.9 Å². The zero-order valence-corrected chi connectivity index (χ0v) is 9.67. The fourth-order valence-corrected chi connectivity index (χ4v) is 2.03. The molecule has 0 aliphatic heterocycles. The lowest BCUT2D eigenvalue weighted by Crippen LogP contribution is -2.46. The summed E-state index contributed by atoms with van der Waals surface area (Å²) in [6.45, 7) is 3.86. The van der Waals surface area contributed by atoms with Gasteiger partial charge in [0.05, 0.1) is 6.04 Å². The average molecular weight is 221 g/mol. The number of nitrogens with zero attached hydrogens (tertiary/aromatic N) is 1. The fourth-order valence-electron chi connectivity index (χ4n) is 1.23. The van der Waals surface area contributed by atoms with Crippen molar-refractivity contribution in [1.82, 2.24) is 5.32 Å². The highest BCUT2D eigenvalue weighted by Gasteiger charge is 2.14. The number of amidine groups is 1. The molecule has 84 valence electrons. The van der Waals surface area contributed by atoms with E-state index in [2.05, 4.69) is 10.5 Å². The van der Waals surface area contributed by atoms with Crippen LogP contribution in [0.15, 0.2) is 5.16 Å². The average Bonchev–Trinajstić information content (AvgIpc) is 2.11. The summed E-state index contributed by atoms with van der Waals surface area (Å²) in [7, 11) is -0.835. The van der Waals surface area contributed by atoms with Crippen LogP contribution in [0.3, 0.4) is 0 Å². The third kappa shape index (κ3) is 5.18. The Kier molecular flexibility index (Phi) is 6.48. The molecule has 0 aliphatic rings. The third-order valence-electron chi connectivity index (χ3n) is 1.85. The molecule has 0 aromatic rings. The van der Waals surface area contributed by atoms with E-state index in [9.17, 15) is 4.21 Å². The van der Waals surface area contributed by atoms with E-state index in [-0.39, 0.29) is 17.9 Å². The Balaban J connectivity index is 4.11. The second-order valence-corrected chi connectivity index (χ2v) is 4.77. The summed E-state index contributed by atoms with van der Waals surface area (Å²) < 4.78 is 10.9. The second-order valence-electron chi connectivity index (χ2n) is 3.29. The first-order valence-electron chi connectivity index (χ1n) is 4.54. The molecule has 0 radical (unpaired) electrons. The normalized spacial score (nSPS) is 18.9. The van der Waals surface area contributed by atoms with Gasteiger partial charge in [-0.05, 0) is 13.3 Å². The smallest absolute Gasteiger partial charge is 0.156 e. The molecule has 0 saturated carbocycles. The summed E-state index contributed by atoms with van der Waals surface area (Å²) in [4.78, 5) is 0. The molecule has 6 heteroatoms. The minimum absolute atomic E-state index is 0.0890. The van der Waals surface area contributed by atoms with Gasteiger partial charge in [-0.1, -0.05) is 12.1 Å². The molecule has 0 saturated heterocycles. The molecule has 14 heavy (non-hydrogen) atoms. The number of nitrogens with one attached hydrogen (secondary N) is 1. The van der Waals surface area contributed by atoms with E-state index in [1.807, 2.05) is 13.8 Å². The maximum atomic E-state index is 10.9. The van der Waals surface area contributed by atoms with Crippen molar-refractivity contribution in [3.8, 4) is 0 Å². The van der Waals surface area contributed by atoms with Crippen molar-refractivity contribution < 1.29 is 9.42 Å². The molecular weight excluding hydrogens is 202 g/mol. The van der Waals surface area contributed by atoms with Crippen molar-refractivity contribution in [2.45, 2.75) is 32.4 Å². The Hall–Kier alpha value is -0.620. The first-order valence-corrected chi connectivity index (χ1v) is 6.27. The van der Waals surface area contributed by atoms with Gasteiger partial charge in [0.2, 0.25) is 0 Å². The molecule has 0 amide bonds. The molecule has 0 aromatic carbocycles. The first kappa shape index (κ1) is 13.4. The van der Waals surface area contributed by atoms with Gasteiger partial charge in [-0.15, -0.1) is 0 Å². The number of rotatable bonds is 6. The summed E-state index contributed by atoms with van der Waals surface area (Å²) in [5.74, 6) is 0.733. The molecule has 0 heterocycles. The monoisotopic (exact) mass is 221 g/mol. The lowest BCUT2D eigenvalue weighted by molar-refractivity contribution is 0.313. The van der Waals surface area contributed by atoms with Crippen molar-refractivity contribution in [3.63, 3.8) is 0 Å². The zero-order valence-electron chi connectivity index (χ0n) is 8.86. The highest BCUT2D eigenvalue weighted by molar-refractivity contribution is 7.84. The van der Waals surface area contributed by atoms with Gasteiger partial charge in [-0.25, -0.2) is 0 Å². The van der Waals surface area contributed by atoms with E-state index in [4.69, 9.17) is 10.9 Å². The highest BCUT2D eigenvalue weighted by atomic mass is 32.2. The molecule has 0 aliphatic carbocycles. The van der Waals surface area contributed by atoms with Crippen LogP contribution in [0.25, 0.3) is 0 Å². The number of hydrogen-bond acceptors (Lipinski definition) is 4. The Morgan fingerprint density at radius 3 is 2.64 bits per heavy atom. The first-order chi connectivity index (χ1) is 6.51. The molecule has 3 atom stereocenters. The van der Waals surface area contributed by atoms with Crippen molar-refractivity contribution in [3.05, 3.63) is 0 Å². The molecule has 0 spiro atoms. The maximum absolute atomic E-state index is 10.9. The van der Waals surface area contributed by atoms with E-state index in [0.717, 1.165) is 6.42 Å². The van der Waals surface area contributed by atoms with Gasteiger partial charge in [0.1, 0.15) is 0 Å². The van der Waals surface area contributed by atoms with Gasteiger partial charge in [-0.3, -0.25) is 4.21 Å². The van der Waals surface area contributed by atoms with Crippen LogP contribution < -0.4 is 11.1 Å². The molecule has 0 bridgehead atoms. The Labute approximate surface area is 87.2 Å². The van der Waals surface area contributed by atoms with Crippen LogP contribution in [0, 0.1) is 0 Å². The largest absolute Gasteiger partial charge is 0.409 e. The van der Waals surface area contributed by atoms with Crippen LogP contribution in [-0.4, -0.2) is 39.3 Å².